The lowest BCUT2D eigenvalue weighted by Crippen LogP contribution is -2.26. The molecule has 0 bridgehead atoms. The largest absolute Gasteiger partial charge is 0.388 e. The third-order valence-corrected chi connectivity index (χ3v) is 3.48. The van der Waals surface area contributed by atoms with Gasteiger partial charge in [-0.15, -0.1) is 0 Å². The van der Waals surface area contributed by atoms with E-state index in [-0.39, 0.29) is 5.92 Å². The Morgan fingerprint density at radius 2 is 2.06 bits per heavy atom. The fourth-order valence-corrected chi connectivity index (χ4v) is 2.36. The molecule has 0 aliphatic carbocycles. The van der Waals surface area contributed by atoms with Crippen LogP contribution in [0.5, 0.6) is 0 Å². The van der Waals surface area contributed by atoms with E-state index < -0.39 is 6.10 Å². The van der Waals surface area contributed by atoms with Crippen LogP contribution < -0.4 is 5.73 Å². The van der Waals surface area contributed by atoms with Gasteiger partial charge in [0.1, 0.15) is 0 Å². The molecule has 0 spiro atoms. The Morgan fingerprint density at radius 1 is 1.29 bits per heavy atom. The standard InChI is InChI=1S/C14H20N2O/c1-9(2)12(8-15)14(17)11-4-3-5-13-10(11)6-7-16-13/h3-7,9,12,14,16-17H,8,15H2,1-2H3. The van der Waals surface area contributed by atoms with Crippen molar-refractivity contribution in [2.75, 3.05) is 6.54 Å². The van der Waals surface area contributed by atoms with Crippen LogP contribution in [0.3, 0.4) is 0 Å². The first-order valence-electron chi connectivity index (χ1n) is 6.09. The minimum Gasteiger partial charge on any atom is -0.388 e. The van der Waals surface area contributed by atoms with E-state index in [0.29, 0.717) is 12.5 Å². The molecule has 3 heteroatoms. The maximum Gasteiger partial charge on any atom is 0.0839 e. The number of aliphatic hydroxyl groups excluding tert-OH is 1. The van der Waals surface area contributed by atoms with Gasteiger partial charge in [-0.1, -0.05) is 26.0 Å². The van der Waals surface area contributed by atoms with Crippen LogP contribution in [0.25, 0.3) is 10.9 Å². The summed E-state index contributed by atoms with van der Waals surface area (Å²) in [6, 6.07) is 7.96. The number of benzene rings is 1. The maximum atomic E-state index is 10.5. The number of rotatable bonds is 4. The molecule has 0 aliphatic rings. The van der Waals surface area contributed by atoms with Crippen LogP contribution in [-0.2, 0) is 0 Å². The Bertz CT molecular complexity index is 490. The summed E-state index contributed by atoms with van der Waals surface area (Å²) < 4.78 is 0. The van der Waals surface area contributed by atoms with Crippen molar-refractivity contribution in [3.05, 3.63) is 36.0 Å². The summed E-state index contributed by atoms with van der Waals surface area (Å²) in [6.07, 6.45) is 1.40. The van der Waals surface area contributed by atoms with E-state index in [1.54, 1.807) is 0 Å². The van der Waals surface area contributed by atoms with Crippen LogP contribution in [0.15, 0.2) is 30.5 Å². The van der Waals surface area contributed by atoms with Crippen LogP contribution >= 0.6 is 0 Å². The third kappa shape index (κ3) is 2.21. The minimum absolute atomic E-state index is 0.0931. The van der Waals surface area contributed by atoms with Gasteiger partial charge in [0, 0.05) is 23.0 Å². The van der Waals surface area contributed by atoms with E-state index in [0.717, 1.165) is 16.5 Å². The Balaban J connectivity index is 2.41. The molecule has 1 aromatic heterocycles. The molecular formula is C14H20N2O. The van der Waals surface area contributed by atoms with Crippen molar-refractivity contribution in [3.63, 3.8) is 0 Å². The van der Waals surface area contributed by atoms with Crippen molar-refractivity contribution in [3.8, 4) is 0 Å². The highest BCUT2D eigenvalue weighted by Gasteiger charge is 2.24. The number of aliphatic hydroxyl groups is 1. The molecule has 2 aromatic rings. The van der Waals surface area contributed by atoms with Crippen molar-refractivity contribution in [2.45, 2.75) is 20.0 Å². The Kier molecular flexibility index (Phi) is 3.50. The summed E-state index contributed by atoms with van der Waals surface area (Å²) in [4.78, 5) is 3.16. The lowest BCUT2D eigenvalue weighted by atomic mass is 9.85. The maximum absolute atomic E-state index is 10.5. The zero-order valence-electron chi connectivity index (χ0n) is 10.4. The van der Waals surface area contributed by atoms with E-state index in [4.69, 9.17) is 5.73 Å². The normalized spacial score (nSPS) is 15.4. The van der Waals surface area contributed by atoms with Crippen molar-refractivity contribution in [1.29, 1.82) is 0 Å². The van der Waals surface area contributed by atoms with Crippen molar-refractivity contribution in [1.82, 2.24) is 4.98 Å². The van der Waals surface area contributed by atoms with Gasteiger partial charge < -0.3 is 15.8 Å². The van der Waals surface area contributed by atoms with E-state index in [9.17, 15) is 5.11 Å². The number of hydrogen-bond donors (Lipinski definition) is 3. The lowest BCUT2D eigenvalue weighted by Gasteiger charge is -2.25. The summed E-state index contributed by atoms with van der Waals surface area (Å²) in [6.45, 7) is 4.69. The molecule has 4 N–H and O–H groups in total. The third-order valence-electron chi connectivity index (χ3n) is 3.48. The molecule has 2 atom stereocenters. The highest BCUT2D eigenvalue weighted by molar-refractivity contribution is 5.83. The molecule has 2 rings (SSSR count). The fraction of sp³-hybridized carbons (Fsp3) is 0.429. The second-order valence-corrected chi connectivity index (χ2v) is 4.87. The first-order valence-corrected chi connectivity index (χ1v) is 6.09. The zero-order valence-corrected chi connectivity index (χ0v) is 10.4. The monoisotopic (exact) mass is 232 g/mol. The molecule has 3 nitrogen and oxygen atoms in total. The van der Waals surface area contributed by atoms with Crippen molar-refractivity contribution >= 4 is 10.9 Å². The van der Waals surface area contributed by atoms with Crippen LogP contribution in [0, 0.1) is 11.8 Å². The number of hydrogen-bond acceptors (Lipinski definition) is 2. The molecule has 1 heterocycles. The summed E-state index contributed by atoms with van der Waals surface area (Å²) in [5.41, 5.74) is 7.79. The number of H-pyrrole nitrogens is 1. The van der Waals surface area contributed by atoms with E-state index in [1.165, 1.54) is 0 Å². The Hall–Kier alpha value is -1.32. The van der Waals surface area contributed by atoms with E-state index in [1.807, 2.05) is 30.5 Å². The topological polar surface area (TPSA) is 62.0 Å². The fourth-order valence-electron chi connectivity index (χ4n) is 2.36. The number of nitrogens with two attached hydrogens (primary N) is 1. The Labute approximate surface area is 102 Å². The highest BCUT2D eigenvalue weighted by Crippen LogP contribution is 2.31. The molecule has 0 saturated heterocycles. The van der Waals surface area contributed by atoms with Crippen LogP contribution in [0.1, 0.15) is 25.5 Å². The molecule has 92 valence electrons. The molecule has 0 saturated carbocycles. The molecule has 0 amide bonds. The van der Waals surface area contributed by atoms with Gasteiger partial charge in [0.25, 0.3) is 0 Å². The van der Waals surface area contributed by atoms with Gasteiger partial charge >= 0.3 is 0 Å². The summed E-state index contributed by atoms with van der Waals surface area (Å²) >= 11 is 0. The van der Waals surface area contributed by atoms with Crippen LogP contribution in [0.2, 0.25) is 0 Å². The smallest absolute Gasteiger partial charge is 0.0839 e. The average molecular weight is 232 g/mol. The predicted octanol–water partition coefficient (Wildman–Crippen LogP) is 2.43. The second-order valence-electron chi connectivity index (χ2n) is 4.87. The quantitative estimate of drug-likeness (QED) is 0.758. The van der Waals surface area contributed by atoms with E-state index >= 15 is 0 Å². The van der Waals surface area contributed by atoms with Gasteiger partial charge in [0.2, 0.25) is 0 Å². The van der Waals surface area contributed by atoms with Gasteiger partial charge in [-0.2, -0.15) is 0 Å². The number of nitrogens with one attached hydrogen (secondary N) is 1. The second kappa shape index (κ2) is 4.90. The molecule has 0 aliphatic heterocycles. The summed E-state index contributed by atoms with van der Waals surface area (Å²) in [5, 5.41) is 11.6. The predicted molar refractivity (Wildman–Crippen MR) is 70.6 cm³/mol. The molecular weight excluding hydrogens is 212 g/mol. The average Bonchev–Trinajstić information content (AvgIpc) is 2.76. The van der Waals surface area contributed by atoms with Gasteiger partial charge in [-0.25, -0.2) is 0 Å². The first kappa shape index (κ1) is 12.1. The molecule has 2 unspecified atom stereocenters. The van der Waals surface area contributed by atoms with Crippen LogP contribution in [-0.4, -0.2) is 16.6 Å². The van der Waals surface area contributed by atoms with Crippen LogP contribution in [0.4, 0.5) is 0 Å². The van der Waals surface area contributed by atoms with Gasteiger partial charge in [-0.05, 0) is 30.2 Å². The zero-order chi connectivity index (χ0) is 12.4. The number of aromatic nitrogens is 1. The lowest BCUT2D eigenvalue weighted by molar-refractivity contribution is 0.0874. The van der Waals surface area contributed by atoms with E-state index in [2.05, 4.69) is 18.8 Å². The molecule has 1 aromatic carbocycles. The highest BCUT2D eigenvalue weighted by atomic mass is 16.3. The molecule has 17 heavy (non-hydrogen) atoms. The van der Waals surface area contributed by atoms with Crippen molar-refractivity contribution in [2.24, 2.45) is 17.6 Å². The minimum atomic E-state index is -0.500. The summed E-state index contributed by atoms with van der Waals surface area (Å²) in [7, 11) is 0. The van der Waals surface area contributed by atoms with Crippen molar-refractivity contribution < 1.29 is 5.11 Å². The van der Waals surface area contributed by atoms with Gasteiger partial charge in [-0.3, -0.25) is 0 Å². The summed E-state index contributed by atoms with van der Waals surface area (Å²) in [5.74, 6) is 0.458. The molecule has 0 fully saturated rings. The Morgan fingerprint density at radius 3 is 2.71 bits per heavy atom. The van der Waals surface area contributed by atoms with Gasteiger partial charge in [0.05, 0.1) is 6.10 Å². The molecule has 0 radical (unpaired) electrons. The van der Waals surface area contributed by atoms with Gasteiger partial charge in [0.15, 0.2) is 0 Å². The SMILES string of the molecule is CC(C)C(CN)C(O)c1cccc2[nH]ccc12. The first-order chi connectivity index (χ1) is 8.15. The number of fused-ring (bicyclic) bond motifs is 1. The number of aromatic amines is 1.